The molecule has 0 saturated carbocycles. The molecule has 0 aliphatic heterocycles. The first-order valence-corrected chi connectivity index (χ1v) is 4.56. The molecule has 0 rings (SSSR count). The van der Waals surface area contributed by atoms with Gasteiger partial charge < -0.3 is 4.90 Å². The molecule has 0 atom stereocenters. The Hall–Kier alpha value is -0.180. The average molecular weight is 175 g/mol. The second kappa shape index (κ2) is 5.47. The van der Waals surface area contributed by atoms with Gasteiger partial charge >= 0.3 is 0 Å². The zero-order chi connectivity index (χ0) is 8.85. The number of amides is 1. The third-order valence-electron chi connectivity index (χ3n) is 1.60. The second-order valence-corrected chi connectivity index (χ2v) is 3.47. The summed E-state index contributed by atoms with van der Waals surface area (Å²) in [5, 5.41) is 0. The molecule has 0 heterocycles. The molecule has 3 heteroatoms. The minimum Gasteiger partial charge on any atom is -0.345 e. The molecule has 0 aliphatic rings. The fraction of sp³-hybridized carbons (Fsp3) is 0.875. The van der Waals surface area contributed by atoms with Crippen molar-refractivity contribution in [2.24, 2.45) is 5.92 Å². The summed E-state index contributed by atoms with van der Waals surface area (Å²) in [4.78, 5) is 12.7. The first-order chi connectivity index (χ1) is 5.07. The molecule has 0 N–H and O–H groups in total. The maximum atomic E-state index is 11.0. The number of hydrogen-bond donors (Lipinski definition) is 1. The molecule has 0 aliphatic carbocycles. The fourth-order valence-electron chi connectivity index (χ4n) is 0.697. The molecule has 2 nitrogen and oxygen atoms in total. The predicted octanol–water partition coefficient (Wildman–Crippen LogP) is 1.42. The van der Waals surface area contributed by atoms with Crippen LogP contribution >= 0.6 is 12.6 Å². The minimum atomic E-state index is 0.106. The van der Waals surface area contributed by atoms with Gasteiger partial charge in [-0.3, -0.25) is 4.79 Å². The van der Waals surface area contributed by atoms with Crippen molar-refractivity contribution in [2.75, 3.05) is 19.3 Å². The van der Waals surface area contributed by atoms with E-state index in [1.54, 1.807) is 4.90 Å². The third-order valence-corrected chi connectivity index (χ3v) is 1.87. The lowest BCUT2D eigenvalue weighted by Crippen LogP contribution is -2.29. The molecule has 0 fully saturated rings. The number of nitrogens with zero attached hydrogens (tertiary/aromatic N) is 1. The lowest BCUT2D eigenvalue weighted by Gasteiger charge is -2.16. The Balaban J connectivity index is 3.52. The quantitative estimate of drug-likeness (QED) is 0.641. The van der Waals surface area contributed by atoms with Gasteiger partial charge in [0.25, 0.3) is 0 Å². The van der Waals surface area contributed by atoms with E-state index in [9.17, 15) is 4.79 Å². The van der Waals surface area contributed by atoms with Crippen LogP contribution in [0.1, 0.15) is 20.3 Å². The molecule has 0 bridgehead atoms. The summed E-state index contributed by atoms with van der Waals surface area (Å²) in [6.45, 7) is 5.15. The zero-order valence-electron chi connectivity index (χ0n) is 7.50. The average Bonchev–Trinajstić information content (AvgIpc) is 1.98. The number of rotatable bonds is 4. The van der Waals surface area contributed by atoms with Crippen molar-refractivity contribution in [3.05, 3.63) is 0 Å². The van der Waals surface area contributed by atoms with Gasteiger partial charge in [0.05, 0.1) is 5.75 Å². The molecule has 0 saturated heterocycles. The summed E-state index contributed by atoms with van der Waals surface area (Å²) in [5.74, 6) is 1.08. The molecule has 1 amide bonds. The van der Waals surface area contributed by atoms with Crippen molar-refractivity contribution in [3.63, 3.8) is 0 Å². The van der Waals surface area contributed by atoms with Crippen LogP contribution in [0.3, 0.4) is 0 Å². The minimum absolute atomic E-state index is 0.106. The third kappa shape index (κ3) is 5.13. The van der Waals surface area contributed by atoms with E-state index in [0.29, 0.717) is 11.7 Å². The Morgan fingerprint density at radius 3 is 2.45 bits per heavy atom. The van der Waals surface area contributed by atoms with Gasteiger partial charge in [0.15, 0.2) is 0 Å². The second-order valence-electron chi connectivity index (χ2n) is 3.16. The highest BCUT2D eigenvalue weighted by atomic mass is 32.1. The van der Waals surface area contributed by atoms with Crippen LogP contribution in [0, 0.1) is 5.92 Å². The number of carbonyl (C=O) groups excluding carboxylic acids is 1. The molecule has 11 heavy (non-hydrogen) atoms. The SMILES string of the molecule is CC(C)CCN(C)C(=O)CS. The summed E-state index contributed by atoms with van der Waals surface area (Å²) >= 11 is 3.91. The van der Waals surface area contributed by atoms with Crippen LogP contribution in [0.5, 0.6) is 0 Å². The number of hydrogen-bond acceptors (Lipinski definition) is 2. The van der Waals surface area contributed by atoms with Crippen molar-refractivity contribution in [1.29, 1.82) is 0 Å². The van der Waals surface area contributed by atoms with E-state index in [1.165, 1.54) is 0 Å². The highest BCUT2D eigenvalue weighted by Crippen LogP contribution is 2.00. The van der Waals surface area contributed by atoms with E-state index in [4.69, 9.17) is 0 Å². The highest BCUT2D eigenvalue weighted by molar-refractivity contribution is 7.81. The van der Waals surface area contributed by atoms with Gasteiger partial charge in [0.1, 0.15) is 0 Å². The smallest absolute Gasteiger partial charge is 0.232 e. The zero-order valence-corrected chi connectivity index (χ0v) is 8.40. The summed E-state index contributed by atoms with van der Waals surface area (Å²) in [5.41, 5.74) is 0. The van der Waals surface area contributed by atoms with Crippen molar-refractivity contribution in [2.45, 2.75) is 20.3 Å². The van der Waals surface area contributed by atoms with Crippen LogP contribution in [0.25, 0.3) is 0 Å². The van der Waals surface area contributed by atoms with Gasteiger partial charge in [-0.15, -0.1) is 0 Å². The van der Waals surface area contributed by atoms with Crippen LogP contribution < -0.4 is 0 Å². The molecule has 0 radical (unpaired) electrons. The summed E-state index contributed by atoms with van der Waals surface area (Å²) < 4.78 is 0. The van der Waals surface area contributed by atoms with E-state index in [0.717, 1.165) is 13.0 Å². The summed E-state index contributed by atoms with van der Waals surface area (Å²) in [6.07, 6.45) is 1.07. The largest absolute Gasteiger partial charge is 0.345 e. The molecule has 0 unspecified atom stereocenters. The standard InChI is InChI=1S/C8H17NOS/c1-7(2)4-5-9(3)8(10)6-11/h7,11H,4-6H2,1-3H3. The van der Waals surface area contributed by atoms with E-state index in [-0.39, 0.29) is 5.91 Å². The Labute approximate surface area is 74.4 Å². The first-order valence-electron chi connectivity index (χ1n) is 3.92. The number of thiol groups is 1. The molecule has 0 aromatic carbocycles. The van der Waals surface area contributed by atoms with Crippen LogP contribution in [0.4, 0.5) is 0 Å². The van der Waals surface area contributed by atoms with Crippen molar-refractivity contribution >= 4 is 18.5 Å². The van der Waals surface area contributed by atoms with E-state index < -0.39 is 0 Å². The summed E-state index contributed by atoms with van der Waals surface area (Å²) in [7, 11) is 1.82. The van der Waals surface area contributed by atoms with Gasteiger partial charge in [0, 0.05) is 13.6 Å². The van der Waals surface area contributed by atoms with E-state index in [2.05, 4.69) is 26.5 Å². The van der Waals surface area contributed by atoms with Gasteiger partial charge in [0.2, 0.25) is 5.91 Å². The molecule has 0 aromatic rings. The highest BCUT2D eigenvalue weighted by Gasteiger charge is 2.05. The first kappa shape index (κ1) is 10.8. The maximum absolute atomic E-state index is 11.0. The number of carbonyl (C=O) groups is 1. The lowest BCUT2D eigenvalue weighted by atomic mass is 10.1. The van der Waals surface area contributed by atoms with Gasteiger partial charge in [-0.25, -0.2) is 0 Å². The molecule has 66 valence electrons. The predicted molar refractivity (Wildman–Crippen MR) is 50.9 cm³/mol. The van der Waals surface area contributed by atoms with Crippen LogP contribution in [0.15, 0.2) is 0 Å². The Morgan fingerprint density at radius 2 is 2.09 bits per heavy atom. The van der Waals surface area contributed by atoms with Gasteiger partial charge in [-0.1, -0.05) is 13.8 Å². The van der Waals surface area contributed by atoms with Crippen LogP contribution in [0.2, 0.25) is 0 Å². The monoisotopic (exact) mass is 175 g/mol. The van der Waals surface area contributed by atoms with Crippen molar-refractivity contribution in [1.82, 2.24) is 4.90 Å². The Kier molecular flexibility index (Phi) is 5.38. The lowest BCUT2D eigenvalue weighted by molar-refractivity contribution is -0.127. The Morgan fingerprint density at radius 1 is 1.55 bits per heavy atom. The van der Waals surface area contributed by atoms with Crippen LogP contribution in [-0.2, 0) is 4.79 Å². The van der Waals surface area contributed by atoms with E-state index >= 15 is 0 Å². The van der Waals surface area contributed by atoms with Gasteiger partial charge in [-0.2, -0.15) is 12.6 Å². The van der Waals surface area contributed by atoms with Crippen LogP contribution in [-0.4, -0.2) is 30.2 Å². The summed E-state index contributed by atoms with van der Waals surface area (Å²) in [6, 6.07) is 0. The van der Waals surface area contributed by atoms with Crippen molar-refractivity contribution < 1.29 is 4.79 Å². The Bertz CT molecular complexity index is 125. The molecule has 0 aromatic heterocycles. The fourth-order valence-corrected chi connectivity index (χ4v) is 0.939. The topological polar surface area (TPSA) is 20.3 Å². The normalized spacial score (nSPS) is 10.3. The molecular formula is C8H17NOS. The van der Waals surface area contributed by atoms with Crippen molar-refractivity contribution in [3.8, 4) is 0 Å². The molecule has 0 spiro atoms. The van der Waals surface area contributed by atoms with Gasteiger partial charge in [-0.05, 0) is 12.3 Å². The maximum Gasteiger partial charge on any atom is 0.232 e. The van der Waals surface area contributed by atoms with E-state index in [1.807, 2.05) is 7.05 Å². The molecular weight excluding hydrogens is 158 g/mol.